The van der Waals surface area contributed by atoms with E-state index in [0.29, 0.717) is 10.0 Å². The second-order valence-electron chi connectivity index (χ2n) is 4.05. The van der Waals surface area contributed by atoms with E-state index >= 15 is 0 Å². The fourth-order valence-electron chi connectivity index (χ4n) is 1.62. The third-order valence-corrected chi connectivity index (χ3v) is 3.01. The molecule has 84 valence electrons. The first-order valence-electron chi connectivity index (χ1n) is 4.71. The van der Waals surface area contributed by atoms with Crippen molar-refractivity contribution in [1.29, 1.82) is 0 Å². The number of benzene rings is 1. The third kappa shape index (κ3) is 3.08. The molecule has 15 heavy (non-hydrogen) atoms. The Balaban J connectivity index is 3.08. The highest BCUT2D eigenvalue weighted by molar-refractivity contribution is 6.42. The number of hydrogen-bond acceptors (Lipinski definition) is 2. The van der Waals surface area contributed by atoms with Crippen LogP contribution in [0.2, 0.25) is 10.0 Å². The molecule has 0 amide bonds. The first-order chi connectivity index (χ1) is 6.86. The van der Waals surface area contributed by atoms with E-state index in [1.165, 1.54) is 0 Å². The molecule has 0 saturated carbocycles. The van der Waals surface area contributed by atoms with Crippen LogP contribution in [0.15, 0.2) is 18.2 Å². The van der Waals surface area contributed by atoms with Crippen molar-refractivity contribution in [3.05, 3.63) is 33.8 Å². The van der Waals surface area contributed by atoms with Crippen LogP contribution in [0.1, 0.15) is 25.5 Å². The molecule has 0 heterocycles. The number of rotatable bonds is 3. The first-order valence-corrected chi connectivity index (χ1v) is 5.46. The average molecular weight is 248 g/mol. The Morgan fingerprint density at radius 1 is 1.27 bits per heavy atom. The van der Waals surface area contributed by atoms with E-state index in [4.69, 9.17) is 23.2 Å². The van der Waals surface area contributed by atoms with Crippen LogP contribution in [0, 0.1) is 0 Å². The molecular weight excluding hydrogens is 233 g/mol. The summed E-state index contributed by atoms with van der Waals surface area (Å²) >= 11 is 11.8. The van der Waals surface area contributed by atoms with Crippen molar-refractivity contribution < 1.29 is 5.11 Å². The van der Waals surface area contributed by atoms with Crippen molar-refractivity contribution in [2.45, 2.75) is 25.5 Å². The smallest absolute Gasteiger partial charge is 0.0785 e. The van der Waals surface area contributed by atoms with Gasteiger partial charge in [0.2, 0.25) is 0 Å². The van der Waals surface area contributed by atoms with Crippen molar-refractivity contribution >= 4 is 23.2 Å². The number of aliphatic hydroxyl groups is 1. The van der Waals surface area contributed by atoms with E-state index in [1.807, 2.05) is 6.07 Å². The van der Waals surface area contributed by atoms with E-state index in [1.54, 1.807) is 33.0 Å². The zero-order chi connectivity index (χ0) is 11.6. The van der Waals surface area contributed by atoms with Gasteiger partial charge in [0.1, 0.15) is 0 Å². The summed E-state index contributed by atoms with van der Waals surface area (Å²) in [5.41, 5.74) is 0.0609. The standard InChI is InChI=1S/C11H15Cl2NO/c1-11(2,15)10(14-3)7-4-5-8(12)9(13)6-7/h4-6,10,14-15H,1-3H3. The van der Waals surface area contributed by atoms with Crippen LogP contribution in [0.25, 0.3) is 0 Å². The quantitative estimate of drug-likeness (QED) is 0.861. The van der Waals surface area contributed by atoms with E-state index in [-0.39, 0.29) is 6.04 Å². The minimum atomic E-state index is -0.855. The van der Waals surface area contributed by atoms with Gasteiger partial charge in [0, 0.05) is 0 Å². The molecule has 0 bridgehead atoms. The predicted molar refractivity (Wildman–Crippen MR) is 64.6 cm³/mol. The normalized spacial score (nSPS) is 14.0. The Labute approximate surface area is 100 Å². The van der Waals surface area contributed by atoms with Crippen LogP contribution in [0.3, 0.4) is 0 Å². The summed E-state index contributed by atoms with van der Waals surface area (Å²) < 4.78 is 0. The van der Waals surface area contributed by atoms with Crippen molar-refractivity contribution in [3.63, 3.8) is 0 Å². The van der Waals surface area contributed by atoms with Gasteiger partial charge in [-0.15, -0.1) is 0 Å². The fraction of sp³-hybridized carbons (Fsp3) is 0.455. The van der Waals surface area contributed by atoms with Gasteiger partial charge in [-0.05, 0) is 38.6 Å². The third-order valence-electron chi connectivity index (χ3n) is 2.27. The Morgan fingerprint density at radius 3 is 2.27 bits per heavy atom. The minimum Gasteiger partial charge on any atom is -0.388 e. The van der Waals surface area contributed by atoms with Crippen LogP contribution in [0.4, 0.5) is 0 Å². The lowest BCUT2D eigenvalue weighted by Gasteiger charge is -2.29. The fourth-order valence-corrected chi connectivity index (χ4v) is 1.93. The zero-order valence-electron chi connectivity index (χ0n) is 9.01. The Hall–Kier alpha value is -0.280. The van der Waals surface area contributed by atoms with Gasteiger partial charge in [-0.2, -0.15) is 0 Å². The average Bonchev–Trinajstić information content (AvgIpc) is 2.10. The Bertz CT molecular complexity index is 347. The predicted octanol–water partition coefficient (Wildman–Crippen LogP) is 3.02. The summed E-state index contributed by atoms with van der Waals surface area (Å²) in [6.07, 6.45) is 0. The van der Waals surface area contributed by atoms with Crippen molar-refractivity contribution in [2.75, 3.05) is 7.05 Å². The van der Waals surface area contributed by atoms with Crippen LogP contribution >= 0.6 is 23.2 Å². The molecule has 0 aliphatic heterocycles. The molecule has 1 unspecified atom stereocenters. The van der Waals surface area contributed by atoms with E-state index in [9.17, 15) is 5.11 Å². The Kier molecular flexibility index (Phi) is 4.01. The molecule has 2 N–H and O–H groups in total. The van der Waals surface area contributed by atoms with Crippen LogP contribution in [0.5, 0.6) is 0 Å². The number of halogens is 2. The van der Waals surface area contributed by atoms with Gasteiger partial charge in [-0.3, -0.25) is 0 Å². The molecule has 0 spiro atoms. The topological polar surface area (TPSA) is 32.3 Å². The maximum atomic E-state index is 9.95. The van der Waals surface area contributed by atoms with Crippen molar-refractivity contribution in [3.8, 4) is 0 Å². The van der Waals surface area contributed by atoms with Gasteiger partial charge in [-0.1, -0.05) is 29.3 Å². The summed E-state index contributed by atoms with van der Waals surface area (Å²) in [7, 11) is 1.80. The highest BCUT2D eigenvalue weighted by Gasteiger charge is 2.27. The largest absolute Gasteiger partial charge is 0.388 e. The molecule has 0 radical (unpaired) electrons. The van der Waals surface area contributed by atoms with E-state index < -0.39 is 5.60 Å². The second kappa shape index (κ2) is 4.71. The van der Waals surface area contributed by atoms with Crippen molar-refractivity contribution in [2.24, 2.45) is 0 Å². The van der Waals surface area contributed by atoms with Crippen LogP contribution in [-0.4, -0.2) is 17.8 Å². The molecule has 1 aromatic rings. The van der Waals surface area contributed by atoms with Gasteiger partial charge in [0.25, 0.3) is 0 Å². The van der Waals surface area contributed by atoms with Crippen LogP contribution in [-0.2, 0) is 0 Å². The summed E-state index contributed by atoms with van der Waals surface area (Å²) in [6, 6.07) is 5.18. The second-order valence-corrected chi connectivity index (χ2v) is 4.86. The molecule has 1 atom stereocenters. The molecule has 2 nitrogen and oxygen atoms in total. The summed E-state index contributed by atoms with van der Waals surface area (Å²) in [6.45, 7) is 3.49. The zero-order valence-corrected chi connectivity index (χ0v) is 10.5. The highest BCUT2D eigenvalue weighted by atomic mass is 35.5. The molecule has 0 aromatic heterocycles. The van der Waals surface area contributed by atoms with Gasteiger partial charge >= 0.3 is 0 Å². The summed E-state index contributed by atoms with van der Waals surface area (Å²) in [5.74, 6) is 0. The van der Waals surface area contributed by atoms with E-state index in [2.05, 4.69) is 5.32 Å². The summed E-state index contributed by atoms with van der Waals surface area (Å²) in [5, 5.41) is 14.0. The van der Waals surface area contributed by atoms with Gasteiger partial charge in [0.05, 0.1) is 21.7 Å². The lowest BCUT2D eigenvalue weighted by atomic mass is 9.92. The number of hydrogen-bond donors (Lipinski definition) is 2. The molecule has 0 saturated heterocycles. The van der Waals surface area contributed by atoms with Crippen molar-refractivity contribution in [1.82, 2.24) is 5.32 Å². The van der Waals surface area contributed by atoms with Gasteiger partial charge in [0.15, 0.2) is 0 Å². The summed E-state index contributed by atoms with van der Waals surface area (Å²) in [4.78, 5) is 0. The lowest BCUT2D eigenvalue weighted by molar-refractivity contribution is 0.0400. The molecule has 1 rings (SSSR count). The number of nitrogens with one attached hydrogen (secondary N) is 1. The maximum absolute atomic E-state index is 9.95. The monoisotopic (exact) mass is 247 g/mol. The molecular formula is C11H15Cl2NO. The molecule has 4 heteroatoms. The number of likely N-dealkylation sites (N-methyl/N-ethyl adjacent to an activating group) is 1. The SMILES string of the molecule is CNC(c1ccc(Cl)c(Cl)c1)C(C)(C)O. The molecule has 0 fully saturated rings. The van der Waals surface area contributed by atoms with E-state index in [0.717, 1.165) is 5.56 Å². The first kappa shape index (κ1) is 12.8. The molecule has 1 aromatic carbocycles. The lowest BCUT2D eigenvalue weighted by Crippen LogP contribution is -2.37. The molecule has 0 aliphatic rings. The van der Waals surface area contributed by atoms with Gasteiger partial charge < -0.3 is 10.4 Å². The highest BCUT2D eigenvalue weighted by Crippen LogP contribution is 2.30. The minimum absolute atomic E-state index is 0.174. The molecule has 0 aliphatic carbocycles. The Morgan fingerprint density at radius 2 is 1.87 bits per heavy atom. The van der Waals surface area contributed by atoms with Gasteiger partial charge in [-0.25, -0.2) is 0 Å². The van der Waals surface area contributed by atoms with Crippen LogP contribution < -0.4 is 5.32 Å². The maximum Gasteiger partial charge on any atom is 0.0785 e.